The molecule has 82 valence electrons. The van der Waals surface area contributed by atoms with Gasteiger partial charge in [-0.15, -0.1) is 0 Å². The zero-order chi connectivity index (χ0) is 11.4. The minimum absolute atomic E-state index is 0.151. The van der Waals surface area contributed by atoms with Crippen molar-refractivity contribution in [3.63, 3.8) is 0 Å². The molecule has 0 bridgehead atoms. The van der Waals surface area contributed by atoms with Crippen LogP contribution in [-0.4, -0.2) is 19.0 Å². The van der Waals surface area contributed by atoms with Crippen molar-refractivity contribution in [2.24, 2.45) is 0 Å². The predicted octanol–water partition coefficient (Wildman–Crippen LogP) is 2.00. The Labute approximate surface area is 85.8 Å². The van der Waals surface area contributed by atoms with Gasteiger partial charge in [-0.25, -0.2) is 13.6 Å². The van der Waals surface area contributed by atoms with E-state index in [-0.39, 0.29) is 11.3 Å². The number of anilines is 1. The third kappa shape index (κ3) is 2.90. The van der Waals surface area contributed by atoms with Gasteiger partial charge in [0.1, 0.15) is 0 Å². The average Bonchev–Trinajstić information content (AvgIpc) is 2.14. The summed E-state index contributed by atoms with van der Waals surface area (Å²) in [6.07, 6.45) is -2.67. The standard InChI is InChI=1S/C10H11F2NO2/c1-6-3-2-4-7(13)9(6)10(14)15-5-8(11)12/h2-4,8H,5,13H2,1H3. The van der Waals surface area contributed by atoms with Crippen LogP contribution < -0.4 is 5.73 Å². The topological polar surface area (TPSA) is 52.3 Å². The highest BCUT2D eigenvalue weighted by Gasteiger charge is 2.15. The second-order valence-corrected chi connectivity index (χ2v) is 3.03. The van der Waals surface area contributed by atoms with Crippen molar-refractivity contribution in [3.8, 4) is 0 Å². The Bertz CT molecular complexity index is 346. The fourth-order valence-electron chi connectivity index (χ4n) is 1.18. The zero-order valence-electron chi connectivity index (χ0n) is 8.17. The summed E-state index contributed by atoms with van der Waals surface area (Å²) in [5.74, 6) is -0.814. The molecule has 0 spiro atoms. The molecule has 0 saturated carbocycles. The number of hydrogen-bond donors (Lipinski definition) is 1. The number of ether oxygens (including phenoxy) is 1. The first kappa shape index (κ1) is 11.4. The number of esters is 1. The van der Waals surface area contributed by atoms with Gasteiger partial charge in [-0.3, -0.25) is 0 Å². The van der Waals surface area contributed by atoms with Crippen molar-refractivity contribution < 1.29 is 18.3 Å². The monoisotopic (exact) mass is 215 g/mol. The van der Waals surface area contributed by atoms with E-state index in [9.17, 15) is 13.6 Å². The zero-order valence-corrected chi connectivity index (χ0v) is 8.17. The molecular formula is C10H11F2NO2. The Kier molecular flexibility index (Phi) is 3.60. The molecule has 1 aromatic rings. The highest BCUT2D eigenvalue weighted by molar-refractivity contribution is 5.96. The lowest BCUT2D eigenvalue weighted by atomic mass is 10.1. The van der Waals surface area contributed by atoms with E-state index in [0.717, 1.165) is 0 Å². The van der Waals surface area contributed by atoms with Crippen molar-refractivity contribution in [1.82, 2.24) is 0 Å². The first-order valence-electron chi connectivity index (χ1n) is 4.32. The average molecular weight is 215 g/mol. The Morgan fingerprint density at radius 1 is 1.53 bits per heavy atom. The van der Waals surface area contributed by atoms with Gasteiger partial charge in [-0.2, -0.15) is 0 Å². The molecule has 0 fully saturated rings. The summed E-state index contributed by atoms with van der Waals surface area (Å²) < 4.78 is 28.0. The molecule has 3 nitrogen and oxygen atoms in total. The summed E-state index contributed by atoms with van der Waals surface area (Å²) in [4.78, 5) is 11.4. The Morgan fingerprint density at radius 3 is 2.73 bits per heavy atom. The van der Waals surface area contributed by atoms with E-state index in [2.05, 4.69) is 4.74 Å². The first-order valence-corrected chi connectivity index (χ1v) is 4.32. The molecule has 15 heavy (non-hydrogen) atoms. The van der Waals surface area contributed by atoms with E-state index in [1.165, 1.54) is 6.07 Å². The third-order valence-electron chi connectivity index (χ3n) is 1.85. The summed E-state index contributed by atoms with van der Waals surface area (Å²) in [5.41, 5.74) is 6.53. The maximum absolute atomic E-state index is 11.8. The highest BCUT2D eigenvalue weighted by Crippen LogP contribution is 2.17. The van der Waals surface area contributed by atoms with E-state index in [4.69, 9.17) is 5.73 Å². The van der Waals surface area contributed by atoms with E-state index in [1.54, 1.807) is 19.1 Å². The summed E-state index contributed by atoms with van der Waals surface area (Å²) in [5, 5.41) is 0. The Morgan fingerprint density at radius 2 is 2.20 bits per heavy atom. The van der Waals surface area contributed by atoms with Gasteiger partial charge in [0.05, 0.1) is 5.56 Å². The molecule has 0 aliphatic rings. The summed E-state index contributed by atoms with van der Waals surface area (Å²) in [6, 6.07) is 4.86. The van der Waals surface area contributed by atoms with Gasteiger partial charge in [0.15, 0.2) is 6.61 Å². The van der Waals surface area contributed by atoms with Crippen LogP contribution in [0.1, 0.15) is 15.9 Å². The van der Waals surface area contributed by atoms with E-state index in [1.807, 2.05) is 0 Å². The van der Waals surface area contributed by atoms with Crippen LogP contribution in [-0.2, 0) is 4.74 Å². The molecule has 0 amide bonds. The minimum Gasteiger partial charge on any atom is -0.456 e. The smallest absolute Gasteiger partial charge is 0.340 e. The van der Waals surface area contributed by atoms with Gasteiger partial charge in [0.25, 0.3) is 6.43 Å². The van der Waals surface area contributed by atoms with Crippen LogP contribution in [0.15, 0.2) is 18.2 Å². The Balaban J connectivity index is 2.82. The largest absolute Gasteiger partial charge is 0.456 e. The fraction of sp³-hybridized carbons (Fsp3) is 0.300. The van der Waals surface area contributed by atoms with Crippen LogP contribution in [0.3, 0.4) is 0 Å². The van der Waals surface area contributed by atoms with Crippen molar-refractivity contribution in [2.75, 3.05) is 12.3 Å². The fourth-order valence-corrected chi connectivity index (χ4v) is 1.18. The molecule has 0 atom stereocenters. The molecule has 0 saturated heterocycles. The number of carbonyl (C=O) groups excluding carboxylic acids is 1. The van der Waals surface area contributed by atoms with Gasteiger partial charge < -0.3 is 10.5 Å². The highest BCUT2D eigenvalue weighted by atomic mass is 19.3. The molecule has 0 aliphatic carbocycles. The lowest BCUT2D eigenvalue weighted by Gasteiger charge is -2.08. The number of hydrogen-bond acceptors (Lipinski definition) is 3. The molecule has 0 aliphatic heterocycles. The normalized spacial score (nSPS) is 10.4. The molecule has 0 heterocycles. The molecule has 1 aromatic carbocycles. The number of benzene rings is 1. The second-order valence-electron chi connectivity index (χ2n) is 3.03. The third-order valence-corrected chi connectivity index (χ3v) is 1.85. The van der Waals surface area contributed by atoms with Crippen molar-refractivity contribution in [2.45, 2.75) is 13.3 Å². The van der Waals surface area contributed by atoms with Crippen LogP contribution in [0.5, 0.6) is 0 Å². The SMILES string of the molecule is Cc1cccc(N)c1C(=O)OCC(F)F. The van der Waals surface area contributed by atoms with Crippen LogP contribution in [0.4, 0.5) is 14.5 Å². The van der Waals surface area contributed by atoms with E-state index >= 15 is 0 Å². The van der Waals surface area contributed by atoms with Crippen LogP contribution in [0, 0.1) is 6.92 Å². The van der Waals surface area contributed by atoms with Gasteiger partial charge >= 0.3 is 5.97 Å². The van der Waals surface area contributed by atoms with E-state index < -0.39 is 19.0 Å². The van der Waals surface area contributed by atoms with Crippen LogP contribution in [0.2, 0.25) is 0 Å². The first-order chi connectivity index (χ1) is 7.02. The number of rotatable bonds is 3. The number of halogens is 2. The lowest BCUT2D eigenvalue weighted by Crippen LogP contribution is -2.14. The lowest BCUT2D eigenvalue weighted by molar-refractivity contribution is 0.0160. The number of aryl methyl sites for hydroxylation is 1. The Hall–Kier alpha value is -1.65. The molecule has 0 unspecified atom stereocenters. The van der Waals surface area contributed by atoms with Gasteiger partial charge in [-0.1, -0.05) is 12.1 Å². The quantitative estimate of drug-likeness (QED) is 0.619. The van der Waals surface area contributed by atoms with Gasteiger partial charge in [0, 0.05) is 5.69 Å². The number of nitrogen functional groups attached to an aromatic ring is 1. The van der Waals surface area contributed by atoms with Gasteiger partial charge in [-0.05, 0) is 18.6 Å². The molecular weight excluding hydrogens is 204 g/mol. The molecule has 1 rings (SSSR count). The number of nitrogens with two attached hydrogens (primary N) is 1. The van der Waals surface area contributed by atoms with Crippen LogP contribution in [0.25, 0.3) is 0 Å². The number of carbonyl (C=O) groups is 1. The molecule has 5 heteroatoms. The van der Waals surface area contributed by atoms with Crippen molar-refractivity contribution in [1.29, 1.82) is 0 Å². The van der Waals surface area contributed by atoms with Crippen molar-refractivity contribution in [3.05, 3.63) is 29.3 Å². The predicted molar refractivity (Wildman–Crippen MR) is 51.9 cm³/mol. The second kappa shape index (κ2) is 4.72. The van der Waals surface area contributed by atoms with E-state index in [0.29, 0.717) is 5.56 Å². The minimum atomic E-state index is -2.67. The maximum atomic E-state index is 11.8. The van der Waals surface area contributed by atoms with Crippen molar-refractivity contribution >= 4 is 11.7 Å². The molecule has 0 radical (unpaired) electrons. The summed E-state index contributed by atoms with van der Waals surface area (Å²) in [6.45, 7) is 0.752. The summed E-state index contributed by atoms with van der Waals surface area (Å²) in [7, 11) is 0. The number of alkyl halides is 2. The van der Waals surface area contributed by atoms with Gasteiger partial charge in [0.2, 0.25) is 0 Å². The van der Waals surface area contributed by atoms with Crippen LogP contribution >= 0.6 is 0 Å². The molecule has 2 N–H and O–H groups in total. The molecule has 0 aromatic heterocycles. The summed E-state index contributed by atoms with van der Waals surface area (Å²) >= 11 is 0. The maximum Gasteiger partial charge on any atom is 0.340 e.